The predicted octanol–water partition coefficient (Wildman–Crippen LogP) is 4.04. The number of carbonyl (C=O) groups is 3. The van der Waals surface area contributed by atoms with Crippen LogP contribution in [-0.4, -0.2) is 61.0 Å². The van der Waals surface area contributed by atoms with E-state index >= 15 is 0 Å². The summed E-state index contributed by atoms with van der Waals surface area (Å²) in [6.45, 7) is 0.793. The van der Waals surface area contributed by atoms with Gasteiger partial charge in [0.1, 0.15) is 29.5 Å². The lowest BCUT2D eigenvalue weighted by atomic mass is 9.98. The van der Waals surface area contributed by atoms with E-state index in [9.17, 15) is 58.8 Å². The van der Waals surface area contributed by atoms with E-state index in [2.05, 4.69) is 14.7 Å². The molecular weight excluding hydrogens is 709 g/mol. The summed E-state index contributed by atoms with van der Waals surface area (Å²) in [7, 11) is -4.12. The lowest BCUT2D eigenvalue weighted by Gasteiger charge is -2.39. The van der Waals surface area contributed by atoms with Crippen LogP contribution in [0.3, 0.4) is 0 Å². The number of carboxylic acids is 1. The number of amides is 1. The summed E-state index contributed by atoms with van der Waals surface area (Å²) in [6.07, 6.45) is -9.92. The van der Waals surface area contributed by atoms with Crippen molar-refractivity contribution in [1.29, 1.82) is 10.5 Å². The van der Waals surface area contributed by atoms with E-state index in [1.165, 1.54) is 30.0 Å². The van der Waals surface area contributed by atoms with Gasteiger partial charge in [-0.2, -0.15) is 36.9 Å². The van der Waals surface area contributed by atoms with E-state index in [0.29, 0.717) is 6.07 Å². The first-order valence-electron chi connectivity index (χ1n) is 13.7. The fourth-order valence-electron chi connectivity index (χ4n) is 4.21. The highest BCUT2D eigenvalue weighted by Gasteiger charge is 2.42. The molecule has 3 heterocycles. The molecule has 0 spiro atoms. The van der Waals surface area contributed by atoms with E-state index in [4.69, 9.17) is 10.4 Å². The van der Waals surface area contributed by atoms with Crippen LogP contribution in [-0.2, 0) is 37.7 Å². The number of carboxylic acid groups (broad SMARTS) is 1. The van der Waals surface area contributed by atoms with Crippen LogP contribution in [0, 0.1) is 34.4 Å². The van der Waals surface area contributed by atoms with Gasteiger partial charge in [0, 0.05) is 13.1 Å². The standard InChI is InChI=1S/C21H18F4N4O5S.C8H3F3N2O2/c1-2-34-20(31)16-7-13(8-26)18(27-17(16)21(23,24)25)29-9-14(10-29)19(30)28-35(32,33)11-12-3-5-15(22)6-4-12;9-8(10,11)6-5(7(14)15)2-1-4(3-12)13-6/h3-7,14H,2,9-11H2,1H3,(H,28,30);1-2H,(H,14,15). The third kappa shape index (κ3) is 9.63. The molecule has 1 aliphatic rings. The highest BCUT2D eigenvalue weighted by atomic mass is 32.2. The highest BCUT2D eigenvalue weighted by molar-refractivity contribution is 7.89. The number of sulfonamides is 1. The average molecular weight is 731 g/mol. The Labute approximate surface area is 277 Å². The lowest BCUT2D eigenvalue weighted by Crippen LogP contribution is -2.55. The van der Waals surface area contributed by atoms with Crippen LogP contribution < -0.4 is 9.62 Å². The van der Waals surface area contributed by atoms with Crippen LogP contribution in [0.15, 0.2) is 42.5 Å². The van der Waals surface area contributed by atoms with Crippen LogP contribution in [0.25, 0.3) is 0 Å². The number of hydrogen-bond acceptors (Lipinski definition) is 11. The maximum atomic E-state index is 13.5. The fraction of sp³-hybridized carbons (Fsp3) is 0.276. The van der Waals surface area contributed by atoms with Gasteiger partial charge in [-0.15, -0.1) is 0 Å². The molecule has 0 bridgehead atoms. The SMILES string of the molecule is CCOC(=O)c1cc(C#N)c(N2CC(C(=O)NS(=O)(=O)Cc3ccc(F)cc3)C2)nc1C(F)(F)F.N#Cc1ccc(C(=O)O)c(C(F)(F)F)n1. The number of halogens is 7. The van der Waals surface area contributed by atoms with Gasteiger partial charge in [-0.3, -0.25) is 9.52 Å². The molecule has 4 rings (SSSR count). The van der Waals surface area contributed by atoms with Crippen molar-refractivity contribution < 1.29 is 63.4 Å². The van der Waals surface area contributed by atoms with E-state index in [-0.39, 0.29) is 30.8 Å². The number of hydrogen-bond donors (Lipinski definition) is 2. The Morgan fingerprint density at radius 1 is 0.960 bits per heavy atom. The largest absolute Gasteiger partial charge is 0.478 e. The van der Waals surface area contributed by atoms with Crippen molar-refractivity contribution in [2.24, 2.45) is 5.92 Å². The van der Waals surface area contributed by atoms with Crippen LogP contribution in [0.5, 0.6) is 0 Å². The summed E-state index contributed by atoms with van der Waals surface area (Å²) in [5, 5.41) is 26.2. The summed E-state index contributed by atoms with van der Waals surface area (Å²) in [4.78, 5) is 42.3. The minimum Gasteiger partial charge on any atom is -0.478 e. The molecule has 0 saturated carbocycles. The van der Waals surface area contributed by atoms with Crippen LogP contribution >= 0.6 is 0 Å². The van der Waals surface area contributed by atoms with Gasteiger partial charge in [-0.05, 0) is 42.8 Å². The maximum Gasteiger partial charge on any atom is 0.434 e. The van der Waals surface area contributed by atoms with Crippen molar-refractivity contribution in [3.8, 4) is 12.1 Å². The Balaban J connectivity index is 0.000000376. The van der Waals surface area contributed by atoms with E-state index in [1.54, 1.807) is 6.07 Å². The second-order valence-electron chi connectivity index (χ2n) is 10.0. The highest BCUT2D eigenvalue weighted by Crippen LogP contribution is 2.36. The number of carbonyl (C=O) groups excluding carboxylic acids is 2. The molecule has 2 N–H and O–H groups in total. The number of alkyl halides is 6. The molecule has 0 unspecified atom stereocenters. The molecule has 1 amide bonds. The monoisotopic (exact) mass is 730 g/mol. The number of aromatic carboxylic acids is 1. The molecule has 1 aromatic carbocycles. The van der Waals surface area contributed by atoms with Gasteiger partial charge in [0.15, 0.2) is 11.4 Å². The Morgan fingerprint density at radius 2 is 1.54 bits per heavy atom. The zero-order chi connectivity index (χ0) is 37.6. The molecule has 1 saturated heterocycles. The number of anilines is 1. The van der Waals surface area contributed by atoms with Crippen molar-refractivity contribution in [3.63, 3.8) is 0 Å². The number of nitriles is 2. The average Bonchev–Trinajstić information content (AvgIpc) is 3.00. The Morgan fingerprint density at radius 3 is 2.04 bits per heavy atom. The van der Waals surface area contributed by atoms with E-state index in [1.807, 2.05) is 4.72 Å². The van der Waals surface area contributed by atoms with Crippen molar-refractivity contribution >= 4 is 33.7 Å². The Bertz CT molecular complexity index is 1990. The number of nitrogens with one attached hydrogen (secondary N) is 1. The molecular formula is C29H21F7N6O7S. The van der Waals surface area contributed by atoms with Gasteiger partial charge < -0.3 is 14.7 Å². The molecule has 0 atom stereocenters. The van der Waals surface area contributed by atoms with Gasteiger partial charge in [0.25, 0.3) is 0 Å². The number of nitrogens with zero attached hydrogens (tertiary/aromatic N) is 5. The molecule has 50 heavy (non-hydrogen) atoms. The molecule has 1 fully saturated rings. The fourth-order valence-corrected chi connectivity index (χ4v) is 5.38. The molecule has 3 aromatic rings. The van der Waals surface area contributed by atoms with Crippen molar-refractivity contribution in [3.05, 3.63) is 87.6 Å². The van der Waals surface area contributed by atoms with Crippen LogP contribution in [0.2, 0.25) is 0 Å². The molecule has 264 valence electrons. The number of rotatable bonds is 8. The second kappa shape index (κ2) is 15.2. The first kappa shape index (κ1) is 38.6. The predicted molar refractivity (Wildman–Crippen MR) is 154 cm³/mol. The summed E-state index contributed by atoms with van der Waals surface area (Å²) >= 11 is 0. The van der Waals surface area contributed by atoms with Gasteiger partial charge in [0.2, 0.25) is 15.9 Å². The molecule has 21 heteroatoms. The normalized spacial score (nSPS) is 13.1. The number of ether oxygens (including phenoxy) is 1. The quantitative estimate of drug-likeness (QED) is 0.249. The Kier molecular flexibility index (Phi) is 11.7. The van der Waals surface area contributed by atoms with Gasteiger partial charge in [0.05, 0.1) is 35.0 Å². The number of benzene rings is 1. The van der Waals surface area contributed by atoms with Crippen molar-refractivity contribution in [2.45, 2.75) is 25.0 Å². The summed E-state index contributed by atoms with van der Waals surface area (Å²) in [6, 6.07) is 10.1. The number of pyridine rings is 2. The minimum atomic E-state index is -5.03. The first-order valence-corrected chi connectivity index (χ1v) is 15.3. The summed E-state index contributed by atoms with van der Waals surface area (Å²) < 4.78 is 121. The van der Waals surface area contributed by atoms with Gasteiger partial charge in [-0.1, -0.05) is 12.1 Å². The topological polar surface area (TPSA) is 203 Å². The van der Waals surface area contributed by atoms with Crippen LogP contribution in [0.1, 0.15) is 55.8 Å². The first-order chi connectivity index (χ1) is 23.2. The summed E-state index contributed by atoms with van der Waals surface area (Å²) in [5.41, 5.74) is -5.57. The zero-order valence-electron chi connectivity index (χ0n) is 25.1. The molecule has 2 aromatic heterocycles. The molecule has 13 nitrogen and oxygen atoms in total. The number of esters is 1. The molecule has 0 aliphatic carbocycles. The van der Waals surface area contributed by atoms with E-state index in [0.717, 1.165) is 24.3 Å². The maximum absolute atomic E-state index is 13.5. The minimum absolute atomic E-state index is 0.188. The summed E-state index contributed by atoms with van der Waals surface area (Å²) in [5.74, 6) is -6.36. The Hall–Kier alpha value is -5.83. The molecule has 1 aliphatic heterocycles. The lowest BCUT2D eigenvalue weighted by molar-refractivity contribution is -0.142. The van der Waals surface area contributed by atoms with Crippen molar-refractivity contribution in [2.75, 3.05) is 24.6 Å². The van der Waals surface area contributed by atoms with Gasteiger partial charge >= 0.3 is 24.3 Å². The molecule has 0 radical (unpaired) electrons. The van der Waals surface area contributed by atoms with Crippen LogP contribution in [0.4, 0.5) is 36.6 Å². The van der Waals surface area contributed by atoms with Gasteiger partial charge in [-0.25, -0.2) is 32.4 Å². The zero-order valence-corrected chi connectivity index (χ0v) is 26.0. The van der Waals surface area contributed by atoms with E-state index < -0.39 is 91.7 Å². The van der Waals surface area contributed by atoms with Crippen molar-refractivity contribution in [1.82, 2.24) is 14.7 Å². The third-order valence-electron chi connectivity index (χ3n) is 6.47. The third-order valence-corrected chi connectivity index (χ3v) is 7.70. The number of aromatic nitrogens is 2. The second-order valence-corrected chi connectivity index (χ2v) is 11.8. The smallest absolute Gasteiger partial charge is 0.434 e.